The van der Waals surface area contributed by atoms with Gasteiger partial charge in [-0.05, 0) is 59.4 Å². The number of primary amides is 1. The standard InChI is InChI=1S/C52H53N7O6/c1-32(2)46(47(54)60)59-52(65)45(31-35-20-8-5-9-21-35)58-50(63)41-27-13-11-23-37(41)36-22-10-12-26-40(36)49(62)57-44(30-34-18-6-4-7-19-34)51(64)56-43-29-17-15-25-39(43)38-24-14-16-28-42(38)55-48(61)33(3)53/h4-29,32-33,44-46H,30-31,53H2,1-3H3,(H2,54,60)(H,55,61)(H,56,64)(H,57,62)(H,58,63)(H,59,65)/t33-,44-,45-,46-/m0/s1. The molecule has 0 spiro atoms. The molecule has 332 valence electrons. The lowest BCUT2D eigenvalue weighted by Crippen LogP contribution is -2.55. The van der Waals surface area contributed by atoms with Gasteiger partial charge in [-0.3, -0.25) is 28.8 Å². The average Bonchev–Trinajstić information content (AvgIpc) is 3.31. The molecule has 0 radical (unpaired) electrons. The molecule has 0 saturated heterocycles. The summed E-state index contributed by atoms with van der Waals surface area (Å²) in [5.74, 6) is -3.61. The van der Waals surface area contributed by atoms with Crippen LogP contribution >= 0.6 is 0 Å². The fraction of sp³-hybridized carbons (Fsp3) is 0.192. The molecule has 0 fully saturated rings. The molecule has 6 amide bonds. The molecule has 6 aromatic rings. The number of benzene rings is 6. The van der Waals surface area contributed by atoms with Gasteiger partial charge in [0, 0.05) is 46.5 Å². The van der Waals surface area contributed by atoms with Crippen molar-refractivity contribution < 1.29 is 28.8 Å². The Hall–Kier alpha value is -7.90. The Labute approximate surface area is 378 Å². The highest BCUT2D eigenvalue weighted by atomic mass is 16.2. The number of amides is 6. The van der Waals surface area contributed by atoms with Gasteiger partial charge < -0.3 is 38.1 Å². The summed E-state index contributed by atoms with van der Waals surface area (Å²) in [7, 11) is 0. The van der Waals surface area contributed by atoms with Crippen molar-refractivity contribution in [2.24, 2.45) is 17.4 Å². The quantitative estimate of drug-likeness (QED) is 0.0527. The molecule has 6 aromatic carbocycles. The van der Waals surface area contributed by atoms with Gasteiger partial charge in [0.05, 0.1) is 6.04 Å². The zero-order chi connectivity index (χ0) is 46.5. The minimum Gasteiger partial charge on any atom is -0.368 e. The molecule has 13 heteroatoms. The predicted molar refractivity (Wildman–Crippen MR) is 253 cm³/mol. The summed E-state index contributed by atoms with van der Waals surface area (Å²) >= 11 is 0. The number of nitrogens with two attached hydrogens (primary N) is 2. The fourth-order valence-electron chi connectivity index (χ4n) is 7.36. The number of para-hydroxylation sites is 2. The summed E-state index contributed by atoms with van der Waals surface area (Å²) in [4.78, 5) is 81.9. The highest BCUT2D eigenvalue weighted by molar-refractivity contribution is 6.09. The van der Waals surface area contributed by atoms with Crippen LogP contribution in [-0.2, 0) is 32.0 Å². The zero-order valence-electron chi connectivity index (χ0n) is 36.4. The van der Waals surface area contributed by atoms with E-state index in [0.717, 1.165) is 11.1 Å². The normalized spacial score (nSPS) is 12.8. The highest BCUT2D eigenvalue weighted by Gasteiger charge is 2.30. The van der Waals surface area contributed by atoms with Gasteiger partial charge in [0.2, 0.25) is 23.6 Å². The molecule has 0 bridgehead atoms. The highest BCUT2D eigenvalue weighted by Crippen LogP contribution is 2.34. The van der Waals surface area contributed by atoms with Crippen LogP contribution in [0.3, 0.4) is 0 Å². The lowest BCUT2D eigenvalue weighted by molar-refractivity contribution is -0.129. The molecule has 0 heterocycles. The SMILES string of the molecule is CC(C)[C@H](NC(=O)[C@H](Cc1ccccc1)NC(=O)c1ccccc1-c1ccccc1C(=O)N[C@@H](Cc1ccccc1)C(=O)Nc1ccccc1-c1ccccc1NC(=O)[C@H](C)N)C(N)=O. The Kier molecular flexibility index (Phi) is 15.7. The first kappa shape index (κ1) is 46.6. The number of carbonyl (C=O) groups is 6. The smallest absolute Gasteiger partial charge is 0.252 e. The number of anilines is 2. The Bertz CT molecular complexity index is 2650. The number of hydrogen-bond donors (Lipinski definition) is 7. The lowest BCUT2D eigenvalue weighted by Gasteiger charge is -2.24. The molecule has 13 nitrogen and oxygen atoms in total. The molecule has 0 aromatic heterocycles. The van der Waals surface area contributed by atoms with Crippen molar-refractivity contribution in [1.29, 1.82) is 0 Å². The van der Waals surface area contributed by atoms with E-state index in [9.17, 15) is 28.8 Å². The second-order valence-corrected chi connectivity index (χ2v) is 16.0. The second kappa shape index (κ2) is 21.9. The molecule has 0 aliphatic rings. The molecule has 0 unspecified atom stereocenters. The maximum Gasteiger partial charge on any atom is 0.252 e. The summed E-state index contributed by atoms with van der Waals surface area (Å²) in [6, 6.07) is 42.3. The van der Waals surface area contributed by atoms with Crippen LogP contribution in [0.4, 0.5) is 11.4 Å². The van der Waals surface area contributed by atoms with E-state index in [1.807, 2.05) is 84.9 Å². The number of hydrogen-bond acceptors (Lipinski definition) is 7. The molecule has 0 saturated carbocycles. The number of rotatable bonds is 18. The number of carbonyl (C=O) groups excluding carboxylic acids is 6. The Balaban J connectivity index is 1.29. The van der Waals surface area contributed by atoms with Crippen molar-refractivity contribution in [2.45, 2.75) is 57.8 Å². The first-order chi connectivity index (χ1) is 31.3. The minimum atomic E-state index is -1.10. The second-order valence-electron chi connectivity index (χ2n) is 16.0. The van der Waals surface area contributed by atoms with Crippen LogP contribution in [0.1, 0.15) is 52.6 Å². The van der Waals surface area contributed by atoms with E-state index in [-0.39, 0.29) is 35.8 Å². The van der Waals surface area contributed by atoms with Gasteiger partial charge in [-0.25, -0.2) is 0 Å². The summed E-state index contributed by atoms with van der Waals surface area (Å²) in [5.41, 5.74) is 16.4. The van der Waals surface area contributed by atoms with E-state index in [4.69, 9.17) is 11.5 Å². The summed E-state index contributed by atoms with van der Waals surface area (Å²) in [5, 5.41) is 14.4. The molecule has 9 N–H and O–H groups in total. The van der Waals surface area contributed by atoms with Crippen molar-refractivity contribution in [3.05, 3.63) is 180 Å². The van der Waals surface area contributed by atoms with Gasteiger partial charge in [-0.15, -0.1) is 0 Å². The summed E-state index contributed by atoms with van der Waals surface area (Å²) < 4.78 is 0. The van der Waals surface area contributed by atoms with Gasteiger partial charge in [0.25, 0.3) is 11.8 Å². The zero-order valence-corrected chi connectivity index (χ0v) is 36.4. The van der Waals surface area contributed by atoms with Gasteiger partial charge in [0.1, 0.15) is 18.1 Å². The molecule has 0 aliphatic heterocycles. The molecular weight excluding hydrogens is 819 g/mol. The van der Waals surface area contributed by atoms with Crippen molar-refractivity contribution in [3.63, 3.8) is 0 Å². The van der Waals surface area contributed by atoms with E-state index in [2.05, 4.69) is 26.6 Å². The third kappa shape index (κ3) is 12.2. The summed E-state index contributed by atoms with van der Waals surface area (Å²) in [6.07, 6.45) is 0.260. The number of nitrogens with one attached hydrogen (secondary N) is 5. The Morgan fingerprint density at radius 2 is 0.815 bits per heavy atom. The van der Waals surface area contributed by atoms with Gasteiger partial charge in [-0.2, -0.15) is 0 Å². The fourth-order valence-corrected chi connectivity index (χ4v) is 7.36. The Morgan fingerprint density at radius 1 is 0.446 bits per heavy atom. The maximum atomic E-state index is 14.5. The maximum absolute atomic E-state index is 14.5. The van der Waals surface area contributed by atoms with E-state index < -0.39 is 53.7 Å². The molecule has 65 heavy (non-hydrogen) atoms. The van der Waals surface area contributed by atoms with Crippen molar-refractivity contribution in [3.8, 4) is 22.3 Å². The van der Waals surface area contributed by atoms with Gasteiger partial charge >= 0.3 is 0 Å². The largest absolute Gasteiger partial charge is 0.368 e. The lowest BCUT2D eigenvalue weighted by atomic mass is 9.93. The Morgan fingerprint density at radius 3 is 1.23 bits per heavy atom. The molecule has 0 aliphatic carbocycles. The summed E-state index contributed by atoms with van der Waals surface area (Å²) in [6.45, 7) is 5.11. The first-order valence-corrected chi connectivity index (χ1v) is 21.3. The molecular formula is C52H53N7O6. The third-order valence-corrected chi connectivity index (χ3v) is 10.8. The van der Waals surface area contributed by atoms with Crippen molar-refractivity contribution in [2.75, 3.05) is 10.6 Å². The monoisotopic (exact) mass is 871 g/mol. The minimum absolute atomic E-state index is 0.120. The van der Waals surface area contributed by atoms with Gasteiger partial charge in [0.15, 0.2) is 0 Å². The van der Waals surface area contributed by atoms with Crippen LogP contribution in [-0.4, -0.2) is 59.6 Å². The van der Waals surface area contributed by atoms with Crippen LogP contribution in [0, 0.1) is 5.92 Å². The van der Waals surface area contributed by atoms with Crippen molar-refractivity contribution >= 4 is 46.8 Å². The van der Waals surface area contributed by atoms with E-state index >= 15 is 0 Å². The predicted octanol–water partition coefficient (Wildman–Crippen LogP) is 6.25. The topological polar surface area (TPSA) is 215 Å². The van der Waals surface area contributed by atoms with Crippen LogP contribution in [0.5, 0.6) is 0 Å². The molecule has 4 atom stereocenters. The van der Waals surface area contributed by atoms with Crippen molar-refractivity contribution in [1.82, 2.24) is 16.0 Å². The van der Waals surface area contributed by atoms with Crippen LogP contribution in [0.25, 0.3) is 22.3 Å². The van der Waals surface area contributed by atoms with Crippen LogP contribution in [0.15, 0.2) is 158 Å². The van der Waals surface area contributed by atoms with E-state index in [1.165, 1.54) is 0 Å². The van der Waals surface area contributed by atoms with Crippen LogP contribution in [0.2, 0.25) is 0 Å². The van der Waals surface area contributed by atoms with Crippen LogP contribution < -0.4 is 38.1 Å². The van der Waals surface area contributed by atoms with Gasteiger partial charge in [-0.1, -0.05) is 147 Å². The third-order valence-electron chi connectivity index (χ3n) is 10.8. The van der Waals surface area contributed by atoms with E-state index in [0.29, 0.717) is 33.6 Å². The average molecular weight is 872 g/mol. The molecule has 6 rings (SSSR count). The van der Waals surface area contributed by atoms with E-state index in [1.54, 1.807) is 93.6 Å². The first-order valence-electron chi connectivity index (χ1n) is 21.3.